The highest BCUT2D eigenvalue weighted by Crippen LogP contribution is 2.23. The molecule has 0 aliphatic rings. The van der Waals surface area contributed by atoms with Crippen molar-refractivity contribution in [3.05, 3.63) is 77.4 Å². The standard InChI is InChI=1S/C18H17FN10/c19-13-7-3-1-5-11(13)10-23-14-8-4-2-6-12(14)17(20)18-24-15(26-28-21)9-16(25-18)27-29-22/h1-9,20,23H,10H2,(H4,21,22,24,25,26,27). The number of aromatic nitrogens is 2. The summed E-state index contributed by atoms with van der Waals surface area (Å²) in [6.07, 6.45) is 0. The largest absolute Gasteiger partial charge is 0.380 e. The summed E-state index contributed by atoms with van der Waals surface area (Å²) in [6.45, 7) is 0.242. The summed E-state index contributed by atoms with van der Waals surface area (Å²) in [4.78, 5) is 8.30. The molecule has 0 spiro atoms. The van der Waals surface area contributed by atoms with Crippen LogP contribution < -0.4 is 17.0 Å². The molecule has 29 heavy (non-hydrogen) atoms. The Labute approximate surface area is 165 Å². The minimum Gasteiger partial charge on any atom is -0.380 e. The van der Waals surface area contributed by atoms with Gasteiger partial charge in [-0.15, -0.1) is 10.2 Å². The highest BCUT2D eigenvalue weighted by Gasteiger charge is 2.15. The smallest absolute Gasteiger partial charge is 0.182 e. The molecule has 6 N–H and O–H groups in total. The van der Waals surface area contributed by atoms with Gasteiger partial charge in [0.05, 0.1) is 0 Å². The maximum Gasteiger partial charge on any atom is 0.182 e. The molecule has 3 rings (SSSR count). The monoisotopic (exact) mass is 392 g/mol. The molecule has 1 aromatic heterocycles. The summed E-state index contributed by atoms with van der Waals surface area (Å²) in [7, 11) is 0. The number of anilines is 1. The summed E-state index contributed by atoms with van der Waals surface area (Å²) < 4.78 is 13.9. The number of hydrogen-bond acceptors (Lipinski definition) is 8. The predicted molar refractivity (Wildman–Crippen MR) is 106 cm³/mol. The molecule has 0 saturated heterocycles. The topological polar surface area (TPSA) is 163 Å². The summed E-state index contributed by atoms with van der Waals surface area (Å²) in [5, 5.41) is 25.4. The number of para-hydroxylation sites is 1. The Morgan fingerprint density at radius 1 is 0.966 bits per heavy atom. The van der Waals surface area contributed by atoms with Gasteiger partial charge in [-0.3, -0.25) is 5.41 Å². The fraction of sp³-hybridized carbons (Fsp3) is 0.0556. The minimum absolute atomic E-state index is 0.0100. The average Bonchev–Trinajstić information content (AvgIpc) is 2.73. The van der Waals surface area contributed by atoms with E-state index in [0.29, 0.717) is 16.8 Å². The molecule has 0 radical (unpaired) electrons. The second kappa shape index (κ2) is 9.08. The normalized spacial score (nSPS) is 11.2. The lowest BCUT2D eigenvalue weighted by Gasteiger charge is -2.13. The van der Waals surface area contributed by atoms with Crippen molar-refractivity contribution in [3.8, 4) is 0 Å². The van der Waals surface area contributed by atoms with Crippen LogP contribution in [0.3, 0.4) is 0 Å². The summed E-state index contributed by atoms with van der Waals surface area (Å²) in [5.74, 6) is 10.1. The highest BCUT2D eigenvalue weighted by molar-refractivity contribution is 6.12. The molecule has 1 heterocycles. The Morgan fingerprint density at radius 2 is 1.59 bits per heavy atom. The molecule has 0 unspecified atom stereocenters. The molecule has 146 valence electrons. The Hall–Kier alpha value is -4.28. The van der Waals surface area contributed by atoms with E-state index in [0.717, 1.165) is 0 Å². The molecule has 0 atom stereocenters. The van der Waals surface area contributed by atoms with Gasteiger partial charge in [-0.2, -0.15) is 0 Å². The molecule has 0 bridgehead atoms. The fourth-order valence-electron chi connectivity index (χ4n) is 2.56. The van der Waals surface area contributed by atoms with E-state index in [4.69, 9.17) is 17.1 Å². The molecule has 2 aromatic carbocycles. The first-order valence-corrected chi connectivity index (χ1v) is 8.39. The minimum atomic E-state index is -0.312. The van der Waals surface area contributed by atoms with E-state index < -0.39 is 0 Å². The molecule has 0 aliphatic carbocycles. The van der Waals surface area contributed by atoms with Crippen LogP contribution >= 0.6 is 0 Å². The van der Waals surface area contributed by atoms with Crippen LogP contribution in [0, 0.1) is 11.2 Å². The van der Waals surface area contributed by atoms with E-state index in [1.807, 2.05) is 0 Å². The van der Waals surface area contributed by atoms with Gasteiger partial charge in [0.25, 0.3) is 0 Å². The van der Waals surface area contributed by atoms with Crippen LogP contribution in [0.5, 0.6) is 0 Å². The third-order valence-corrected chi connectivity index (χ3v) is 3.87. The summed E-state index contributed by atoms with van der Waals surface area (Å²) >= 11 is 0. The third-order valence-electron chi connectivity index (χ3n) is 3.87. The molecule has 0 amide bonds. The van der Waals surface area contributed by atoms with Gasteiger partial charge in [0.1, 0.15) is 11.5 Å². The zero-order chi connectivity index (χ0) is 20.6. The van der Waals surface area contributed by atoms with Crippen LogP contribution in [-0.2, 0) is 6.54 Å². The second-order valence-electron chi connectivity index (χ2n) is 5.70. The molecule has 0 saturated carbocycles. The van der Waals surface area contributed by atoms with Crippen LogP contribution in [-0.4, -0.2) is 15.7 Å². The molecule has 11 heteroatoms. The number of nitrogens with two attached hydrogens (primary N) is 2. The summed E-state index contributed by atoms with van der Waals surface area (Å²) in [6, 6.07) is 14.9. The van der Waals surface area contributed by atoms with Gasteiger partial charge >= 0.3 is 0 Å². The van der Waals surface area contributed by atoms with Gasteiger partial charge in [0, 0.05) is 29.4 Å². The van der Waals surface area contributed by atoms with Gasteiger partial charge in [-0.05, 0) is 12.1 Å². The van der Waals surface area contributed by atoms with E-state index in [9.17, 15) is 4.39 Å². The molecule has 10 nitrogen and oxygen atoms in total. The Morgan fingerprint density at radius 3 is 2.24 bits per heavy atom. The van der Waals surface area contributed by atoms with E-state index in [-0.39, 0.29) is 35.5 Å². The lowest BCUT2D eigenvalue weighted by molar-refractivity contribution is 0.613. The molecule has 0 fully saturated rings. The molecule has 0 aliphatic heterocycles. The van der Waals surface area contributed by atoms with E-state index in [2.05, 4.69) is 36.0 Å². The van der Waals surface area contributed by atoms with Crippen molar-refractivity contribution in [1.82, 2.24) is 9.97 Å². The number of nitrogens with zero attached hydrogens (tertiary/aromatic N) is 6. The lowest BCUT2D eigenvalue weighted by atomic mass is 10.1. The van der Waals surface area contributed by atoms with Crippen molar-refractivity contribution in [2.45, 2.75) is 6.54 Å². The van der Waals surface area contributed by atoms with Gasteiger partial charge in [-0.25, -0.2) is 14.4 Å². The van der Waals surface area contributed by atoms with E-state index >= 15 is 0 Å². The summed E-state index contributed by atoms with van der Waals surface area (Å²) in [5.41, 5.74) is 1.60. The lowest BCUT2D eigenvalue weighted by Crippen LogP contribution is -2.11. The Kier molecular flexibility index (Phi) is 6.10. The zero-order valence-corrected chi connectivity index (χ0v) is 15.1. The quantitative estimate of drug-likeness (QED) is 0.209. The molecular formula is C18H17FN10. The Bertz CT molecular complexity index is 1050. The first kappa shape index (κ1) is 19.5. The number of hydrogen-bond donors (Lipinski definition) is 4. The van der Waals surface area contributed by atoms with Crippen LogP contribution in [0.15, 0.2) is 75.3 Å². The van der Waals surface area contributed by atoms with Crippen molar-refractivity contribution in [1.29, 1.82) is 5.41 Å². The SMILES string of the molecule is N=C(c1nc(N=NN)cc(N=NN)n1)c1ccccc1NCc1ccccc1F. The third kappa shape index (κ3) is 4.71. The predicted octanol–water partition coefficient (Wildman–Crippen LogP) is 3.56. The number of rotatable bonds is 7. The first-order chi connectivity index (χ1) is 14.1. The highest BCUT2D eigenvalue weighted by atomic mass is 19.1. The Balaban J connectivity index is 1.93. The van der Waals surface area contributed by atoms with E-state index in [1.165, 1.54) is 12.1 Å². The number of nitrogens with one attached hydrogen (secondary N) is 2. The molecular weight excluding hydrogens is 375 g/mol. The van der Waals surface area contributed by atoms with Crippen molar-refractivity contribution in [3.63, 3.8) is 0 Å². The van der Waals surface area contributed by atoms with Crippen molar-refractivity contribution in [2.75, 3.05) is 5.32 Å². The van der Waals surface area contributed by atoms with E-state index in [1.54, 1.807) is 42.5 Å². The van der Waals surface area contributed by atoms with Gasteiger partial charge < -0.3 is 17.0 Å². The van der Waals surface area contributed by atoms with Gasteiger partial charge in [-0.1, -0.05) is 46.8 Å². The maximum atomic E-state index is 13.9. The van der Waals surface area contributed by atoms with Gasteiger partial charge in [0.2, 0.25) is 0 Å². The zero-order valence-electron chi connectivity index (χ0n) is 15.1. The second-order valence-corrected chi connectivity index (χ2v) is 5.70. The number of benzene rings is 2. The fourth-order valence-corrected chi connectivity index (χ4v) is 2.56. The van der Waals surface area contributed by atoms with Crippen LogP contribution in [0.1, 0.15) is 17.0 Å². The number of halogens is 1. The van der Waals surface area contributed by atoms with Gasteiger partial charge in [0.15, 0.2) is 17.5 Å². The maximum absolute atomic E-state index is 13.9. The van der Waals surface area contributed by atoms with Crippen molar-refractivity contribution < 1.29 is 4.39 Å². The average molecular weight is 392 g/mol. The van der Waals surface area contributed by atoms with Crippen LogP contribution in [0.25, 0.3) is 0 Å². The van der Waals surface area contributed by atoms with Crippen molar-refractivity contribution >= 4 is 23.0 Å². The van der Waals surface area contributed by atoms with Crippen molar-refractivity contribution in [2.24, 2.45) is 32.4 Å². The van der Waals surface area contributed by atoms with Crippen LogP contribution in [0.4, 0.5) is 21.7 Å². The first-order valence-electron chi connectivity index (χ1n) is 8.39. The molecule has 3 aromatic rings. The van der Waals surface area contributed by atoms with Crippen LogP contribution in [0.2, 0.25) is 0 Å².